The lowest BCUT2D eigenvalue weighted by atomic mass is 9.83. The van der Waals surface area contributed by atoms with Gasteiger partial charge in [-0.15, -0.1) is 0 Å². The van der Waals surface area contributed by atoms with Gasteiger partial charge < -0.3 is 15.7 Å². The van der Waals surface area contributed by atoms with Crippen LogP contribution in [0.1, 0.15) is 45.4 Å². The zero-order chi connectivity index (χ0) is 12.5. The van der Waals surface area contributed by atoms with Crippen molar-refractivity contribution in [3.05, 3.63) is 0 Å². The van der Waals surface area contributed by atoms with Gasteiger partial charge in [-0.3, -0.25) is 4.79 Å². The molecule has 2 fully saturated rings. The van der Waals surface area contributed by atoms with Gasteiger partial charge in [0.15, 0.2) is 0 Å². The molecule has 0 spiro atoms. The fourth-order valence-corrected chi connectivity index (χ4v) is 3.08. The molecule has 0 bridgehead atoms. The van der Waals surface area contributed by atoms with Gasteiger partial charge in [0.2, 0.25) is 5.91 Å². The molecule has 0 radical (unpaired) electrons. The SMILES string of the molecule is CC1(O)CCN(C(=O)C2(CN)CCCC2)CC1. The molecule has 1 aliphatic heterocycles. The molecule has 2 rings (SSSR count). The third-order valence-electron chi connectivity index (χ3n) is 4.53. The summed E-state index contributed by atoms with van der Waals surface area (Å²) >= 11 is 0. The molecule has 1 heterocycles. The first kappa shape index (κ1) is 12.8. The molecular weight excluding hydrogens is 216 g/mol. The van der Waals surface area contributed by atoms with Crippen LogP contribution in [0.25, 0.3) is 0 Å². The number of carbonyl (C=O) groups excluding carboxylic acids is 1. The number of hydrogen-bond donors (Lipinski definition) is 2. The largest absolute Gasteiger partial charge is 0.390 e. The number of aliphatic hydroxyl groups is 1. The van der Waals surface area contributed by atoms with Crippen LogP contribution in [-0.4, -0.2) is 41.1 Å². The molecule has 2 aliphatic rings. The van der Waals surface area contributed by atoms with Crippen LogP contribution in [0.15, 0.2) is 0 Å². The number of piperidine rings is 1. The summed E-state index contributed by atoms with van der Waals surface area (Å²) in [5.74, 6) is 0.230. The lowest BCUT2D eigenvalue weighted by Crippen LogP contribution is -2.52. The molecule has 0 aromatic rings. The van der Waals surface area contributed by atoms with Crippen LogP contribution in [0.5, 0.6) is 0 Å². The van der Waals surface area contributed by atoms with Crippen molar-refractivity contribution < 1.29 is 9.90 Å². The third kappa shape index (κ3) is 2.47. The molecule has 0 atom stereocenters. The summed E-state index contributed by atoms with van der Waals surface area (Å²) in [6.07, 6.45) is 5.48. The van der Waals surface area contributed by atoms with Gasteiger partial charge in [0, 0.05) is 19.6 Å². The van der Waals surface area contributed by atoms with Gasteiger partial charge in [0.05, 0.1) is 11.0 Å². The Hall–Kier alpha value is -0.610. The monoisotopic (exact) mass is 240 g/mol. The van der Waals surface area contributed by atoms with Crippen LogP contribution in [-0.2, 0) is 4.79 Å². The minimum absolute atomic E-state index is 0.230. The zero-order valence-electron chi connectivity index (χ0n) is 10.7. The van der Waals surface area contributed by atoms with Gasteiger partial charge in [-0.25, -0.2) is 0 Å². The number of carbonyl (C=O) groups is 1. The van der Waals surface area contributed by atoms with Crippen molar-refractivity contribution >= 4 is 5.91 Å². The highest BCUT2D eigenvalue weighted by molar-refractivity contribution is 5.83. The van der Waals surface area contributed by atoms with Crippen molar-refractivity contribution in [1.29, 1.82) is 0 Å². The van der Waals surface area contributed by atoms with E-state index < -0.39 is 5.60 Å². The molecule has 17 heavy (non-hydrogen) atoms. The summed E-state index contributed by atoms with van der Waals surface area (Å²) in [4.78, 5) is 14.4. The Bertz CT molecular complexity index is 286. The highest BCUT2D eigenvalue weighted by Crippen LogP contribution is 2.39. The molecular formula is C13H24N2O2. The summed E-state index contributed by atoms with van der Waals surface area (Å²) in [6.45, 7) is 3.67. The highest BCUT2D eigenvalue weighted by atomic mass is 16.3. The maximum Gasteiger partial charge on any atom is 0.230 e. The Morgan fingerprint density at radius 3 is 2.24 bits per heavy atom. The van der Waals surface area contributed by atoms with Gasteiger partial charge in [-0.1, -0.05) is 12.8 Å². The molecule has 0 aromatic carbocycles. The van der Waals surface area contributed by atoms with E-state index in [1.807, 2.05) is 11.8 Å². The van der Waals surface area contributed by atoms with E-state index in [1.165, 1.54) is 0 Å². The average Bonchev–Trinajstić information content (AvgIpc) is 2.78. The summed E-state index contributed by atoms with van der Waals surface area (Å²) < 4.78 is 0. The Labute approximate surface area is 103 Å². The van der Waals surface area contributed by atoms with Gasteiger partial charge in [-0.2, -0.15) is 0 Å². The lowest BCUT2D eigenvalue weighted by Gasteiger charge is -2.40. The van der Waals surface area contributed by atoms with E-state index in [0.717, 1.165) is 25.7 Å². The van der Waals surface area contributed by atoms with E-state index >= 15 is 0 Å². The van der Waals surface area contributed by atoms with Crippen LogP contribution >= 0.6 is 0 Å². The molecule has 1 aliphatic carbocycles. The maximum atomic E-state index is 12.5. The summed E-state index contributed by atoms with van der Waals surface area (Å²) in [6, 6.07) is 0. The lowest BCUT2D eigenvalue weighted by molar-refractivity contribution is -0.145. The predicted molar refractivity (Wildman–Crippen MR) is 66.4 cm³/mol. The van der Waals surface area contributed by atoms with Gasteiger partial charge in [0.25, 0.3) is 0 Å². The number of hydrogen-bond acceptors (Lipinski definition) is 3. The van der Waals surface area contributed by atoms with Crippen LogP contribution in [0.4, 0.5) is 0 Å². The zero-order valence-corrected chi connectivity index (χ0v) is 10.7. The van der Waals surface area contributed by atoms with E-state index in [4.69, 9.17) is 5.73 Å². The maximum absolute atomic E-state index is 12.5. The van der Waals surface area contributed by atoms with Crippen molar-refractivity contribution in [2.24, 2.45) is 11.1 Å². The first-order chi connectivity index (χ1) is 7.99. The standard InChI is InChI=1S/C13H24N2O2/c1-12(17)6-8-15(9-7-12)11(16)13(10-14)4-2-3-5-13/h17H,2-10,14H2,1H3. The molecule has 3 N–H and O–H groups in total. The third-order valence-corrected chi connectivity index (χ3v) is 4.53. The smallest absolute Gasteiger partial charge is 0.230 e. The molecule has 1 amide bonds. The van der Waals surface area contributed by atoms with Crippen LogP contribution < -0.4 is 5.73 Å². The van der Waals surface area contributed by atoms with Gasteiger partial charge in [0.1, 0.15) is 0 Å². The normalized spacial score (nSPS) is 27.1. The fraction of sp³-hybridized carbons (Fsp3) is 0.923. The van der Waals surface area contributed by atoms with E-state index in [1.54, 1.807) is 0 Å². The molecule has 1 saturated carbocycles. The van der Waals surface area contributed by atoms with Crippen molar-refractivity contribution in [3.63, 3.8) is 0 Å². The summed E-state index contributed by atoms with van der Waals surface area (Å²) in [5.41, 5.74) is 4.95. The molecule has 0 aromatic heterocycles. The van der Waals surface area contributed by atoms with Crippen molar-refractivity contribution in [2.75, 3.05) is 19.6 Å². The fourth-order valence-electron chi connectivity index (χ4n) is 3.08. The summed E-state index contributed by atoms with van der Waals surface area (Å²) in [5, 5.41) is 9.90. The Morgan fingerprint density at radius 1 is 1.24 bits per heavy atom. The molecule has 98 valence electrons. The van der Waals surface area contributed by atoms with Crippen LogP contribution in [0, 0.1) is 5.41 Å². The van der Waals surface area contributed by atoms with E-state index in [2.05, 4.69) is 0 Å². The minimum atomic E-state index is -0.595. The number of rotatable bonds is 2. The van der Waals surface area contributed by atoms with Crippen molar-refractivity contribution in [3.8, 4) is 0 Å². The number of nitrogens with zero attached hydrogens (tertiary/aromatic N) is 1. The van der Waals surface area contributed by atoms with E-state index in [0.29, 0.717) is 32.5 Å². The molecule has 4 heteroatoms. The van der Waals surface area contributed by atoms with Crippen molar-refractivity contribution in [1.82, 2.24) is 4.90 Å². The predicted octanol–water partition coefficient (Wildman–Crippen LogP) is 0.879. The quantitative estimate of drug-likeness (QED) is 0.753. The number of likely N-dealkylation sites (tertiary alicyclic amines) is 1. The Morgan fingerprint density at radius 2 is 1.76 bits per heavy atom. The van der Waals surface area contributed by atoms with Crippen LogP contribution in [0.2, 0.25) is 0 Å². The molecule has 4 nitrogen and oxygen atoms in total. The van der Waals surface area contributed by atoms with Crippen LogP contribution in [0.3, 0.4) is 0 Å². The first-order valence-corrected chi connectivity index (χ1v) is 6.71. The molecule has 0 unspecified atom stereocenters. The molecule has 1 saturated heterocycles. The topological polar surface area (TPSA) is 66.6 Å². The summed E-state index contributed by atoms with van der Waals surface area (Å²) in [7, 11) is 0. The number of nitrogens with two attached hydrogens (primary N) is 1. The Balaban J connectivity index is 2.01. The van der Waals surface area contributed by atoms with Crippen molar-refractivity contribution in [2.45, 2.75) is 51.0 Å². The van der Waals surface area contributed by atoms with E-state index in [9.17, 15) is 9.90 Å². The second-order valence-electron chi connectivity index (χ2n) is 5.98. The number of amides is 1. The Kier molecular flexibility index (Phi) is 3.46. The second-order valence-corrected chi connectivity index (χ2v) is 5.98. The van der Waals surface area contributed by atoms with Gasteiger partial charge >= 0.3 is 0 Å². The van der Waals surface area contributed by atoms with E-state index in [-0.39, 0.29) is 11.3 Å². The second kappa shape index (κ2) is 4.58. The average molecular weight is 240 g/mol. The minimum Gasteiger partial charge on any atom is -0.390 e. The first-order valence-electron chi connectivity index (χ1n) is 6.71. The van der Waals surface area contributed by atoms with Gasteiger partial charge in [-0.05, 0) is 32.6 Å². The highest BCUT2D eigenvalue weighted by Gasteiger charge is 2.43.